The van der Waals surface area contributed by atoms with E-state index in [4.69, 9.17) is 4.98 Å². The van der Waals surface area contributed by atoms with E-state index in [0.717, 1.165) is 53.4 Å². The molecular weight excluding hydrogens is 358 g/mol. The van der Waals surface area contributed by atoms with Gasteiger partial charge in [0.05, 0.1) is 11.4 Å². The average molecular weight is 392 g/mol. The summed E-state index contributed by atoms with van der Waals surface area (Å²) in [6.07, 6.45) is 10.7. The van der Waals surface area contributed by atoms with E-state index in [-0.39, 0.29) is 6.04 Å². The van der Waals surface area contributed by atoms with Crippen LogP contribution in [-0.2, 0) is 0 Å². The van der Waals surface area contributed by atoms with Gasteiger partial charge in [0.25, 0.3) is 0 Å². The van der Waals surface area contributed by atoms with Crippen LogP contribution in [0.5, 0.6) is 0 Å². The number of hydrogen-bond acceptors (Lipinski definition) is 5. The Bertz CT molecular complexity index is 885. The molecule has 2 rings (SSSR count). The number of nitrogens with one attached hydrogen (secondary N) is 1. The molecule has 5 nitrogen and oxygen atoms in total. The zero-order chi connectivity index (χ0) is 21.4. The Morgan fingerprint density at radius 1 is 1.24 bits per heavy atom. The maximum Gasteiger partial charge on any atom is 0.228 e. The van der Waals surface area contributed by atoms with Crippen LogP contribution in [0.3, 0.4) is 0 Å². The number of rotatable bonds is 10. The summed E-state index contributed by atoms with van der Waals surface area (Å²) in [6.45, 7) is 18.6. The summed E-state index contributed by atoms with van der Waals surface area (Å²) in [5.74, 6) is 2.15. The van der Waals surface area contributed by atoms with Crippen LogP contribution in [0.4, 0.5) is 11.8 Å². The van der Waals surface area contributed by atoms with Crippen LogP contribution in [0.1, 0.15) is 62.5 Å². The van der Waals surface area contributed by atoms with Gasteiger partial charge in [-0.3, -0.25) is 0 Å². The maximum absolute atomic E-state index is 4.82. The molecule has 0 aliphatic heterocycles. The Kier molecular flexibility index (Phi) is 8.13. The zero-order valence-electron chi connectivity index (χ0n) is 18.4. The molecule has 2 heterocycles. The SMILES string of the molecule is C=Cc1ccc(C)c(N(C(=C)Nc2ncc(/C=C\C)c(C)n2)C(CC)CCC)n1. The molecule has 154 valence electrons. The lowest BCUT2D eigenvalue weighted by molar-refractivity contribution is 0.555. The van der Waals surface area contributed by atoms with Crippen LogP contribution in [-0.4, -0.2) is 21.0 Å². The van der Waals surface area contributed by atoms with Crippen molar-refractivity contribution in [3.8, 4) is 0 Å². The van der Waals surface area contributed by atoms with Crippen molar-refractivity contribution in [2.45, 2.75) is 59.9 Å². The fourth-order valence-electron chi connectivity index (χ4n) is 3.33. The van der Waals surface area contributed by atoms with E-state index in [1.54, 1.807) is 6.08 Å². The molecule has 0 aliphatic carbocycles. The fraction of sp³-hybridized carbons (Fsp3) is 0.375. The molecule has 0 saturated carbocycles. The van der Waals surface area contributed by atoms with E-state index in [0.29, 0.717) is 5.95 Å². The van der Waals surface area contributed by atoms with Crippen molar-refractivity contribution in [1.82, 2.24) is 15.0 Å². The largest absolute Gasteiger partial charge is 0.311 e. The molecular formula is C24H33N5. The molecule has 0 saturated heterocycles. The number of hydrogen-bond donors (Lipinski definition) is 1. The molecule has 1 atom stereocenters. The van der Waals surface area contributed by atoms with Crippen LogP contribution in [0.2, 0.25) is 0 Å². The van der Waals surface area contributed by atoms with Crippen molar-refractivity contribution in [3.63, 3.8) is 0 Å². The molecule has 0 spiro atoms. The van der Waals surface area contributed by atoms with Crippen molar-refractivity contribution in [3.05, 3.63) is 65.9 Å². The first-order valence-electron chi connectivity index (χ1n) is 10.3. The Morgan fingerprint density at radius 2 is 2.00 bits per heavy atom. The molecule has 0 fully saturated rings. The van der Waals surface area contributed by atoms with Gasteiger partial charge in [0.15, 0.2) is 0 Å². The van der Waals surface area contributed by atoms with Crippen molar-refractivity contribution in [2.24, 2.45) is 0 Å². The molecule has 1 N–H and O–H groups in total. The predicted molar refractivity (Wildman–Crippen MR) is 125 cm³/mol. The third-order valence-electron chi connectivity index (χ3n) is 4.90. The van der Waals surface area contributed by atoms with Crippen LogP contribution in [0.25, 0.3) is 12.2 Å². The van der Waals surface area contributed by atoms with Crippen LogP contribution in [0, 0.1) is 13.8 Å². The summed E-state index contributed by atoms with van der Waals surface area (Å²) in [5, 5.41) is 3.31. The number of nitrogens with zero attached hydrogens (tertiary/aromatic N) is 4. The minimum absolute atomic E-state index is 0.273. The first-order chi connectivity index (χ1) is 13.9. The van der Waals surface area contributed by atoms with E-state index >= 15 is 0 Å². The molecule has 1 unspecified atom stereocenters. The highest BCUT2D eigenvalue weighted by atomic mass is 15.3. The highest BCUT2D eigenvalue weighted by Gasteiger charge is 2.23. The van der Waals surface area contributed by atoms with Crippen molar-refractivity contribution < 1.29 is 0 Å². The molecule has 2 aromatic rings. The van der Waals surface area contributed by atoms with Gasteiger partial charge in [0, 0.05) is 17.8 Å². The summed E-state index contributed by atoms with van der Waals surface area (Å²) in [4.78, 5) is 16.1. The monoisotopic (exact) mass is 391 g/mol. The standard InChI is InChI=1S/C24H33N5/c1-8-12-20-16-25-24(26-18(20)6)27-19(7)29(22(11-4)13-9-2)23-17(5)14-15-21(10-3)28-23/h8,10,12,14-16,22H,3,7,9,11,13H2,1-2,4-6H3,(H,25,26,27)/b12-8-. The first kappa shape index (κ1) is 22.3. The summed E-state index contributed by atoms with van der Waals surface area (Å²) < 4.78 is 0. The van der Waals surface area contributed by atoms with E-state index < -0.39 is 0 Å². The molecule has 5 heteroatoms. The van der Waals surface area contributed by atoms with Gasteiger partial charge in [-0.05, 0) is 51.3 Å². The average Bonchev–Trinajstić information content (AvgIpc) is 2.71. The number of pyridine rings is 1. The highest BCUT2D eigenvalue weighted by molar-refractivity contribution is 5.59. The minimum Gasteiger partial charge on any atom is -0.311 e. The van der Waals surface area contributed by atoms with Gasteiger partial charge in [-0.15, -0.1) is 0 Å². The van der Waals surface area contributed by atoms with Crippen LogP contribution < -0.4 is 10.2 Å². The second-order valence-electron chi connectivity index (χ2n) is 7.11. The highest BCUT2D eigenvalue weighted by Crippen LogP contribution is 2.28. The molecule has 0 aliphatic rings. The smallest absolute Gasteiger partial charge is 0.228 e. The Labute approximate surface area is 175 Å². The summed E-state index contributed by atoms with van der Waals surface area (Å²) in [7, 11) is 0. The summed E-state index contributed by atoms with van der Waals surface area (Å²) in [5.41, 5.74) is 3.86. The van der Waals surface area contributed by atoms with Crippen LogP contribution in [0.15, 0.2) is 43.4 Å². The third kappa shape index (κ3) is 5.53. The number of allylic oxidation sites excluding steroid dienone is 1. The molecule has 0 aromatic carbocycles. The Hall–Kier alpha value is -2.95. The van der Waals surface area contributed by atoms with E-state index in [9.17, 15) is 0 Å². The van der Waals surface area contributed by atoms with Crippen molar-refractivity contribution in [1.29, 1.82) is 0 Å². The maximum atomic E-state index is 4.82. The minimum atomic E-state index is 0.273. The van der Waals surface area contributed by atoms with Gasteiger partial charge in [-0.25, -0.2) is 15.0 Å². The van der Waals surface area contributed by atoms with E-state index in [1.807, 2.05) is 38.3 Å². The molecule has 2 aromatic heterocycles. The lowest BCUT2D eigenvalue weighted by atomic mass is 10.1. The van der Waals surface area contributed by atoms with Crippen molar-refractivity contribution >= 4 is 23.9 Å². The normalized spacial score (nSPS) is 12.0. The topological polar surface area (TPSA) is 53.9 Å². The molecule has 0 bridgehead atoms. The molecule has 29 heavy (non-hydrogen) atoms. The molecule has 0 amide bonds. The number of aryl methyl sites for hydroxylation is 2. The number of aromatic nitrogens is 3. The Balaban J connectivity index is 2.42. The van der Waals surface area contributed by atoms with Gasteiger partial charge >= 0.3 is 0 Å². The van der Waals surface area contributed by atoms with Gasteiger partial charge in [-0.1, -0.05) is 51.6 Å². The van der Waals surface area contributed by atoms with Gasteiger partial charge < -0.3 is 10.2 Å². The zero-order valence-corrected chi connectivity index (χ0v) is 18.4. The van der Waals surface area contributed by atoms with Gasteiger partial charge in [0.1, 0.15) is 11.6 Å². The third-order valence-corrected chi connectivity index (χ3v) is 4.90. The second kappa shape index (κ2) is 10.6. The van der Waals surface area contributed by atoms with Gasteiger partial charge in [0.2, 0.25) is 5.95 Å². The second-order valence-corrected chi connectivity index (χ2v) is 7.11. The predicted octanol–water partition coefficient (Wildman–Crippen LogP) is 6.13. The fourth-order valence-corrected chi connectivity index (χ4v) is 3.33. The van der Waals surface area contributed by atoms with Crippen molar-refractivity contribution in [2.75, 3.05) is 10.2 Å². The van der Waals surface area contributed by atoms with Gasteiger partial charge in [-0.2, -0.15) is 0 Å². The van der Waals surface area contributed by atoms with E-state index in [1.165, 1.54) is 0 Å². The lowest BCUT2D eigenvalue weighted by Crippen LogP contribution is -2.38. The molecule has 0 radical (unpaired) electrons. The summed E-state index contributed by atoms with van der Waals surface area (Å²) >= 11 is 0. The number of anilines is 2. The Morgan fingerprint density at radius 3 is 2.59 bits per heavy atom. The first-order valence-corrected chi connectivity index (χ1v) is 10.3. The lowest BCUT2D eigenvalue weighted by Gasteiger charge is -2.34. The van der Waals surface area contributed by atoms with E-state index in [2.05, 4.69) is 60.2 Å². The summed E-state index contributed by atoms with van der Waals surface area (Å²) in [6, 6.07) is 4.33. The van der Waals surface area contributed by atoms with Crippen LogP contribution >= 0.6 is 0 Å². The quantitative estimate of drug-likeness (QED) is 0.528.